The molecule has 2 rings (SSSR count). The normalized spacial score (nSPS) is 23.3. The van der Waals surface area contributed by atoms with Gasteiger partial charge in [-0.2, -0.15) is 0 Å². The van der Waals surface area contributed by atoms with Crippen molar-refractivity contribution in [2.75, 3.05) is 0 Å². The van der Waals surface area contributed by atoms with Gasteiger partial charge in [0.1, 0.15) is 0 Å². The molecule has 0 amide bonds. The third-order valence-electron chi connectivity index (χ3n) is 3.69. The molecule has 3 nitrogen and oxygen atoms in total. The van der Waals surface area contributed by atoms with Gasteiger partial charge >= 0.3 is 5.97 Å². The summed E-state index contributed by atoms with van der Waals surface area (Å²) in [6.45, 7) is 0.668. The first kappa shape index (κ1) is 14.6. The standard InChI is InChI=1S/C14H17Cl2NO2/c15-12-3-1-2-10(13(12)16)8-17-11-6-4-9(5-7-11)14(18)19/h1-3,9,11,17H,4-8H2,(H,18,19). The molecule has 0 saturated heterocycles. The molecule has 19 heavy (non-hydrogen) atoms. The van der Waals surface area contributed by atoms with E-state index in [0.29, 0.717) is 22.6 Å². The highest BCUT2D eigenvalue weighted by atomic mass is 35.5. The third-order valence-corrected chi connectivity index (χ3v) is 4.55. The molecule has 1 aliphatic rings. The summed E-state index contributed by atoms with van der Waals surface area (Å²) in [7, 11) is 0. The highest BCUT2D eigenvalue weighted by Gasteiger charge is 2.25. The van der Waals surface area contributed by atoms with Crippen molar-refractivity contribution in [3.8, 4) is 0 Å². The SMILES string of the molecule is O=C(O)C1CCC(NCc2cccc(Cl)c2Cl)CC1. The largest absolute Gasteiger partial charge is 0.481 e. The quantitative estimate of drug-likeness (QED) is 0.891. The van der Waals surface area contributed by atoms with Crippen molar-refractivity contribution in [2.45, 2.75) is 38.3 Å². The second-order valence-electron chi connectivity index (χ2n) is 4.98. The van der Waals surface area contributed by atoms with Crippen LogP contribution < -0.4 is 5.32 Å². The molecule has 2 N–H and O–H groups in total. The van der Waals surface area contributed by atoms with Gasteiger partial charge in [-0.3, -0.25) is 4.79 Å². The number of rotatable bonds is 4. The predicted octanol–water partition coefficient (Wildman–Crippen LogP) is 3.73. The van der Waals surface area contributed by atoms with Crippen LogP contribution in [-0.2, 0) is 11.3 Å². The molecule has 0 spiro atoms. The molecule has 1 aromatic carbocycles. The lowest BCUT2D eigenvalue weighted by atomic mass is 9.86. The van der Waals surface area contributed by atoms with Crippen molar-refractivity contribution < 1.29 is 9.90 Å². The van der Waals surface area contributed by atoms with E-state index in [9.17, 15) is 4.79 Å². The number of carboxylic acids is 1. The molecule has 0 aromatic heterocycles. The molecule has 0 bridgehead atoms. The fraction of sp³-hybridized carbons (Fsp3) is 0.500. The molecule has 1 aliphatic carbocycles. The Hall–Kier alpha value is -0.770. The molecule has 104 valence electrons. The fourth-order valence-electron chi connectivity index (χ4n) is 2.48. The number of benzene rings is 1. The Morgan fingerprint density at radius 3 is 2.58 bits per heavy atom. The Kier molecular flexibility index (Phi) is 5.08. The van der Waals surface area contributed by atoms with Crippen LogP contribution in [0.2, 0.25) is 10.0 Å². The third kappa shape index (κ3) is 3.85. The lowest BCUT2D eigenvalue weighted by Crippen LogP contribution is -2.34. The lowest BCUT2D eigenvalue weighted by molar-refractivity contribution is -0.142. The van der Waals surface area contributed by atoms with Gasteiger partial charge in [0, 0.05) is 12.6 Å². The van der Waals surface area contributed by atoms with Crippen LogP contribution in [-0.4, -0.2) is 17.1 Å². The van der Waals surface area contributed by atoms with Gasteiger partial charge in [0.25, 0.3) is 0 Å². The minimum Gasteiger partial charge on any atom is -0.481 e. The maximum Gasteiger partial charge on any atom is 0.306 e. The van der Waals surface area contributed by atoms with E-state index in [2.05, 4.69) is 5.32 Å². The summed E-state index contributed by atoms with van der Waals surface area (Å²) in [5.74, 6) is -0.843. The molecule has 5 heteroatoms. The van der Waals surface area contributed by atoms with Crippen molar-refractivity contribution in [1.82, 2.24) is 5.32 Å². The van der Waals surface area contributed by atoms with E-state index in [1.807, 2.05) is 12.1 Å². The highest BCUT2D eigenvalue weighted by Crippen LogP contribution is 2.27. The van der Waals surface area contributed by atoms with Crippen molar-refractivity contribution in [1.29, 1.82) is 0 Å². The van der Waals surface area contributed by atoms with Crippen molar-refractivity contribution >= 4 is 29.2 Å². The minimum atomic E-state index is -0.670. The molecule has 0 unspecified atom stereocenters. The molecule has 1 fully saturated rings. The summed E-state index contributed by atoms with van der Waals surface area (Å²) < 4.78 is 0. The molecular weight excluding hydrogens is 285 g/mol. The van der Waals surface area contributed by atoms with Crippen LogP contribution in [0.1, 0.15) is 31.2 Å². The van der Waals surface area contributed by atoms with Crippen LogP contribution in [0.15, 0.2) is 18.2 Å². The first-order chi connectivity index (χ1) is 9.08. The molecule has 1 aromatic rings. The summed E-state index contributed by atoms with van der Waals surface area (Å²) >= 11 is 12.1. The zero-order valence-electron chi connectivity index (χ0n) is 10.5. The van der Waals surface area contributed by atoms with Gasteiger partial charge in [0.2, 0.25) is 0 Å². The van der Waals surface area contributed by atoms with E-state index >= 15 is 0 Å². The monoisotopic (exact) mass is 301 g/mol. The van der Waals surface area contributed by atoms with Crippen LogP contribution in [0, 0.1) is 5.92 Å². The predicted molar refractivity (Wildman–Crippen MR) is 76.7 cm³/mol. The first-order valence-corrected chi connectivity index (χ1v) is 7.22. The molecule has 0 radical (unpaired) electrons. The number of carboxylic acid groups (broad SMARTS) is 1. The Bertz CT molecular complexity index is 457. The Labute approximate surface area is 122 Å². The number of hydrogen-bond donors (Lipinski definition) is 2. The number of hydrogen-bond acceptors (Lipinski definition) is 2. The molecule has 0 atom stereocenters. The topological polar surface area (TPSA) is 49.3 Å². The van der Waals surface area contributed by atoms with Crippen LogP contribution in [0.3, 0.4) is 0 Å². The van der Waals surface area contributed by atoms with Crippen LogP contribution in [0.25, 0.3) is 0 Å². The molecule has 1 saturated carbocycles. The minimum absolute atomic E-state index is 0.173. The molecular formula is C14H17Cl2NO2. The molecule has 0 aliphatic heterocycles. The van der Waals surface area contributed by atoms with E-state index < -0.39 is 5.97 Å². The maximum absolute atomic E-state index is 10.9. The van der Waals surface area contributed by atoms with Crippen LogP contribution in [0.5, 0.6) is 0 Å². The van der Waals surface area contributed by atoms with E-state index in [-0.39, 0.29) is 5.92 Å². The number of carbonyl (C=O) groups is 1. The Balaban J connectivity index is 1.84. The van der Waals surface area contributed by atoms with E-state index in [4.69, 9.17) is 28.3 Å². The fourth-order valence-corrected chi connectivity index (χ4v) is 2.87. The van der Waals surface area contributed by atoms with E-state index in [0.717, 1.165) is 31.2 Å². The summed E-state index contributed by atoms with van der Waals surface area (Å²) in [5.41, 5.74) is 0.981. The second-order valence-corrected chi connectivity index (χ2v) is 5.77. The van der Waals surface area contributed by atoms with E-state index in [1.165, 1.54) is 0 Å². The van der Waals surface area contributed by atoms with E-state index in [1.54, 1.807) is 6.07 Å². The summed E-state index contributed by atoms with van der Waals surface area (Å²) in [6.07, 6.45) is 3.29. The van der Waals surface area contributed by atoms with Crippen LogP contribution >= 0.6 is 23.2 Å². The number of nitrogens with one attached hydrogen (secondary N) is 1. The maximum atomic E-state index is 10.9. The zero-order chi connectivity index (χ0) is 13.8. The summed E-state index contributed by atoms with van der Waals surface area (Å²) in [5, 5.41) is 13.5. The van der Waals surface area contributed by atoms with Gasteiger partial charge in [-0.25, -0.2) is 0 Å². The Morgan fingerprint density at radius 1 is 1.26 bits per heavy atom. The van der Waals surface area contributed by atoms with Gasteiger partial charge in [0.05, 0.1) is 16.0 Å². The van der Waals surface area contributed by atoms with Crippen molar-refractivity contribution in [2.24, 2.45) is 5.92 Å². The average Bonchev–Trinajstić information content (AvgIpc) is 2.41. The number of aliphatic carboxylic acids is 1. The van der Waals surface area contributed by atoms with Crippen molar-refractivity contribution in [3.63, 3.8) is 0 Å². The summed E-state index contributed by atoms with van der Waals surface area (Å²) in [4.78, 5) is 10.9. The highest BCUT2D eigenvalue weighted by molar-refractivity contribution is 6.42. The van der Waals surface area contributed by atoms with Gasteiger partial charge in [-0.15, -0.1) is 0 Å². The van der Waals surface area contributed by atoms with Gasteiger partial charge in [0.15, 0.2) is 0 Å². The zero-order valence-corrected chi connectivity index (χ0v) is 12.0. The Morgan fingerprint density at radius 2 is 1.95 bits per heavy atom. The lowest BCUT2D eigenvalue weighted by Gasteiger charge is -2.27. The first-order valence-electron chi connectivity index (χ1n) is 6.47. The second kappa shape index (κ2) is 6.60. The molecule has 0 heterocycles. The van der Waals surface area contributed by atoms with Gasteiger partial charge in [-0.05, 0) is 37.3 Å². The number of halogens is 2. The smallest absolute Gasteiger partial charge is 0.306 e. The van der Waals surface area contributed by atoms with Gasteiger partial charge < -0.3 is 10.4 Å². The average molecular weight is 302 g/mol. The van der Waals surface area contributed by atoms with Gasteiger partial charge in [-0.1, -0.05) is 35.3 Å². The summed E-state index contributed by atoms with van der Waals surface area (Å²) in [6, 6.07) is 5.97. The van der Waals surface area contributed by atoms with Crippen molar-refractivity contribution in [3.05, 3.63) is 33.8 Å². The van der Waals surface area contributed by atoms with Crippen LogP contribution in [0.4, 0.5) is 0 Å².